The van der Waals surface area contributed by atoms with Crippen LogP contribution in [0.4, 0.5) is 0 Å². The van der Waals surface area contributed by atoms with Crippen molar-refractivity contribution >= 4 is 23.8 Å². The average molecular weight is 2030 g/mol. The molecular formula is C110H122N4O33. The Balaban J connectivity index is 0.676. The highest BCUT2D eigenvalue weighted by Crippen LogP contribution is 2.55. The summed E-state index contributed by atoms with van der Waals surface area (Å²) in [6, 6.07) is 68.9. The lowest BCUT2D eigenvalue weighted by Crippen LogP contribution is -2.69. The van der Waals surface area contributed by atoms with Gasteiger partial charge in [0.25, 0.3) is 11.8 Å². The molecule has 22 rings (SSSR count). The molecular weight excluding hydrogens is 1910 g/mol. The summed E-state index contributed by atoms with van der Waals surface area (Å²) >= 11 is 0. The second kappa shape index (κ2) is 46.5. The van der Waals surface area contributed by atoms with Gasteiger partial charge in [0.15, 0.2) is 61.7 Å². The van der Waals surface area contributed by atoms with Crippen molar-refractivity contribution in [2.75, 3.05) is 40.0 Å². The Kier molecular flexibility index (Phi) is 32.1. The van der Waals surface area contributed by atoms with E-state index in [1.807, 2.05) is 212 Å². The van der Waals surface area contributed by atoms with Crippen molar-refractivity contribution in [3.8, 4) is 0 Å². The van der Waals surface area contributed by atoms with E-state index in [1.54, 1.807) is 24.3 Å². The Hall–Kier alpha value is -9.93. The number of imide groups is 1. The molecule has 8 aromatic rings. The van der Waals surface area contributed by atoms with Crippen LogP contribution in [-0.2, 0) is 182 Å². The number of benzene rings is 8. The molecule has 3 aliphatic carbocycles. The lowest BCUT2D eigenvalue weighted by molar-refractivity contribution is -0.406. The first kappa shape index (κ1) is 102. The second-order valence-corrected chi connectivity index (χ2v) is 39.4. The monoisotopic (exact) mass is 2030 g/mol. The molecule has 0 bridgehead atoms. The number of hydrogen-bond acceptors (Lipinski definition) is 34. The maximum Gasteiger partial charge on any atom is 0.303 e. The number of esters is 2. The molecule has 780 valence electrons. The fraction of sp³-hybridized carbons (Fsp3) is 0.527. The highest BCUT2D eigenvalue weighted by molar-refractivity contribution is 6.21. The minimum Gasteiger partial charge on any atom is -0.463 e. The highest BCUT2D eigenvalue weighted by atomic mass is 16.8. The molecule has 3 saturated carbocycles. The standard InChI is InChI=1S/C110H122N4O33/c1-64(115)120-58-75-83-89(133-63-131-83)97(124-55-69-38-18-6-19-39-69)106(137-75)129-60-76-82-88(132-62-130-82)81(117)105(136-76)141-90-84(121-52-66-32-12-3-13-33-66)77(59-128-104-80(114-100(118)73-46-26-27-47-74(73)101(114)119)87(123-54-68-36-16-5-17-37-68)85-78(135-104)61-127-102(139-85)72-44-24-9-25-45-72)138-108(98(90)125-56-70-40-20-7-21-41-70)142-99-86(122-53-67-34-14-4-15-35-67)79(112-113-111)103(143-107(99)126-57-71-42-22-8-23-43-71)140-92-91(134-65(2)116)93-95(146-109(144-93)48-28-10-29-49-109)96-94(92)145-110(147-96)50-30-11-31-51-110/h3-9,12-27,32-47,75-99,102-108,117H,10-11,28-31,48-63H2,1-2H3/t75-,76-,77-,78?,79-,80-,81-,82+,83+,84-,85?,86-,87-,88-,89+,90+,91+,92+,93+,94-,95+,96+,97-,98+,99+,102-,103+,104-,105-,106+,107+,108-/m1/s1. The van der Waals surface area contributed by atoms with Gasteiger partial charge in [0.05, 0.1) is 70.6 Å². The summed E-state index contributed by atoms with van der Waals surface area (Å²) < 4.78 is 197. The molecule has 0 radical (unpaired) electrons. The predicted octanol–water partition coefficient (Wildman–Crippen LogP) is 12.6. The molecule has 2 amide bonds. The van der Waals surface area contributed by atoms with Crippen molar-refractivity contribution in [3.05, 3.63) is 297 Å². The van der Waals surface area contributed by atoms with Crippen LogP contribution in [-0.4, -0.2) is 276 Å². The van der Waals surface area contributed by atoms with Gasteiger partial charge in [-0.1, -0.05) is 242 Å². The van der Waals surface area contributed by atoms with Crippen molar-refractivity contribution < 1.29 is 157 Å². The van der Waals surface area contributed by atoms with Crippen LogP contribution in [0.5, 0.6) is 0 Å². The number of ether oxygens (including phenoxy) is 28. The molecule has 37 nitrogen and oxygen atoms in total. The zero-order valence-corrected chi connectivity index (χ0v) is 81.3. The molecule has 1 N–H and O–H groups in total. The summed E-state index contributed by atoms with van der Waals surface area (Å²) in [6.45, 7) is 0.106. The average Bonchev–Trinajstić information content (AvgIpc) is 1.56. The molecule has 147 heavy (non-hydrogen) atoms. The quantitative estimate of drug-likeness (QED) is 0.0125. The first-order chi connectivity index (χ1) is 72.1. The number of carbonyl (C=O) groups is 4. The van der Waals surface area contributed by atoms with Crippen LogP contribution in [0.15, 0.2) is 242 Å². The summed E-state index contributed by atoms with van der Waals surface area (Å²) in [7, 11) is 0. The van der Waals surface area contributed by atoms with Crippen molar-refractivity contribution in [1.29, 1.82) is 0 Å². The van der Waals surface area contributed by atoms with E-state index in [-0.39, 0.29) is 84.2 Å². The lowest BCUT2D eigenvalue weighted by atomic mass is 9.84. The maximum atomic E-state index is 15.7. The Labute approximate surface area is 849 Å². The third kappa shape index (κ3) is 22.4. The Morgan fingerprint density at radius 2 is 0.796 bits per heavy atom. The van der Waals surface area contributed by atoms with Crippen LogP contribution in [0.2, 0.25) is 0 Å². The van der Waals surface area contributed by atoms with E-state index < -0.39 is 238 Å². The molecule has 11 aliphatic heterocycles. The van der Waals surface area contributed by atoms with E-state index in [4.69, 9.17) is 133 Å². The Morgan fingerprint density at radius 3 is 1.34 bits per heavy atom. The molecule has 2 spiro atoms. The van der Waals surface area contributed by atoms with E-state index in [2.05, 4.69) is 10.0 Å². The first-order valence-corrected chi connectivity index (χ1v) is 51.0. The number of amides is 2. The van der Waals surface area contributed by atoms with Crippen molar-refractivity contribution in [1.82, 2.24) is 4.90 Å². The van der Waals surface area contributed by atoms with Crippen LogP contribution in [0, 0.1) is 0 Å². The van der Waals surface area contributed by atoms with Gasteiger partial charge in [-0.25, -0.2) is 0 Å². The number of rotatable bonds is 36. The third-order valence-corrected chi connectivity index (χ3v) is 29.7. The van der Waals surface area contributed by atoms with E-state index in [0.29, 0.717) is 53.5 Å². The van der Waals surface area contributed by atoms with E-state index in [9.17, 15) is 20.2 Å². The molecule has 11 heterocycles. The highest BCUT2D eigenvalue weighted by Gasteiger charge is 2.70. The zero-order valence-electron chi connectivity index (χ0n) is 81.3. The zero-order chi connectivity index (χ0) is 99.9. The van der Waals surface area contributed by atoms with Gasteiger partial charge >= 0.3 is 11.9 Å². The molecule has 8 aromatic carbocycles. The SMILES string of the molecule is CC(=O)OC[C@H]1O[C@H](OC[C@H]2O[C@H](O[C@@H]3[C@H](OCc4ccccc4)[C@@H](O[C@@H]4[C@@H](OCc5ccccc5)O[C@H](O[C@H]5[C@H](OC(C)=O)[C@@H]6OC7(CCCCC7)O[C@@H]6[C@H]6OC7(CCCCC7)O[C@H]56)[C@H](N=[N+]=[N-])[C@H]4OCc4ccccc4)O[C@H](CO[C@@H]4OC5CO[C@@H](c6ccccc6)OC5[C@H](OCc5ccccc5)[C@H]4N4C(=O)c5ccccc5C4=O)[C@H]3OCc3ccccc3)[C@H](O)[C@H]3OCO[C@H]32)[C@H](OCc2ccccc2)[C@H]2OCO[C@H]21. The topological polar surface area (TPSA) is 399 Å². The molecule has 2 unspecified atom stereocenters. The predicted molar refractivity (Wildman–Crippen MR) is 508 cm³/mol. The van der Waals surface area contributed by atoms with Gasteiger partial charge in [-0.2, -0.15) is 0 Å². The van der Waals surface area contributed by atoms with Gasteiger partial charge in [0.2, 0.25) is 0 Å². The number of hydrogen-bond donors (Lipinski definition) is 1. The smallest absolute Gasteiger partial charge is 0.303 e. The summed E-state index contributed by atoms with van der Waals surface area (Å²) in [5.74, 6) is -4.71. The number of azide groups is 1. The lowest BCUT2D eigenvalue weighted by Gasteiger charge is -2.52. The Morgan fingerprint density at radius 1 is 0.367 bits per heavy atom. The molecule has 37 heteroatoms. The second-order valence-electron chi connectivity index (χ2n) is 39.4. The van der Waals surface area contributed by atoms with Crippen LogP contribution in [0.25, 0.3) is 10.4 Å². The minimum atomic E-state index is -1.86. The fourth-order valence-corrected chi connectivity index (χ4v) is 22.7. The largest absolute Gasteiger partial charge is 0.463 e. The maximum absolute atomic E-state index is 15.7. The van der Waals surface area contributed by atoms with Crippen molar-refractivity contribution in [2.24, 2.45) is 5.11 Å². The van der Waals surface area contributed by atoms with Crippen LogP contribution < -0.4 is 0 Å². The minimum absolute atomic E-state index is 0.0518. The summed E-state index contributed by atoms with van der Waals surface area (Å²) in [4.78, 5) is 62.7. The molecule has 32 atom stereocenters. The molecule has 10 saturated heterocycles. The van der Waals surface area contributed by atoms with Crippen molar-refractivity contribution in [2.45, 2.75) is 326 Å². The van der Waals surface area contributed by atoms with Crippen LogP contribution >= 0.6 is 0 Å². The number of fused-ring (bicyclic) bond motifs is 7. The summed E-state index contributed by atoms with van der Waals surface area (Å²) in [6.07, 6.45) is -31.3. The normalized spacial score (nSPS) is 35.5. The van der Waals surface area contributed by atoms with Crippen molar-refractivity contribution in [3.63, 3.8) is 0 Å². The van der Waals surface area contributed by atoms with Crippen LogP contribution in [0.3, 0.4) is 0 Å². The third-order valence-electron chi connectivity index (χ3n) is 29.7. The number of nitrogens with zero attached hydrogens (tertiary/aromatic N) is 4. The fourth-order valence-electron chi connectivity index (χ4n) is 22.7. The van der Waals surface area contributed by atoms with Gasteiger partial charge in [0.1, 0.15) is 167 Å². The van der Waals surface area contributed by atoms with Crippen LogP contribution in [0.1, 0.15) is 144 Å². The van der Waals surface area contributed by atoms with E-state index in [0.717, 1.165) is 54.6 Å². The molecule has 13 fully saturated rings. The number of carbonyl (C=O) groups excluding carboxylic acids is 4. The molecule has 0 aromatic heterocycles. The number of aliphatic hydroxyl groups is 1. The van der Waals surface area contributed by atoms with Gasteiger partial charge in [-0.05, 0) is 76.7 Å². The molecule has 14 aliphatic rings. The summed E-state index contributed by atoms with van der Waals surface area (Å²) in [5.41, 5.74) is 16.6. The van der Waals surface area contributed by atoms with E-state index >= 15 is 9.59 Å². The van der Waals surface area contributed by atoms with E-state index in [1.165, 1.54) is 13.8 Å². The first-order valence-electron chi connectivity index (χ1n) is 51.0. The number of aliphatic hydroxyl groups excluding tert-OH is 1. The van der Waals surface area contributed by atoms with Gasteiger partial charge < -0.3 is 138 Å². The van der Waals surface area contributed by atoms with Gasteiger partial charge in [-0.15, -0.1) is 0 Å². The Bertz CT molecular complexity index is 5680. The van der Waals surface area contributed by atoms with Gasteiger partial charge in [0, 0.05) is 50.0 Å². The van der Waals surface area contributed by atoms with Gasteiger partial charge in [-0.3, -0.25) is 24.1 Å². The summed E-state index contributed by atoms with van der Waals surface area (Å²) in [5, 5.41) is 18.0.